The molecule has 2 N–H and O–H groups in total. The van der Waals surface area contributed by atoms with Crippen LogP contribution in [0.1, 0.15) is 65.2 Å². The fourth-order valence-corrected chi connectivity index (χ4v) is 5.22. The second-order valence-electron chi connectivity index (χ2n) is 9.44. The highest BCUT2D eigenvalue weighted by atomic mass is 35.5. The number of guanidine groups is 1. The lowest BCUT2D eigenvalue weighted by molar-refractivity contribution is -0.799. The van der Waals surface area contributed by atoms with Crippen LogP contribution in [0.2, 0.25) is 0 Å². The monoisotopic (exact) mass is 695 g/mol. The smallest absolute Gasteiger partial charge is 0.474 e. The largest absolute Gasteiger partial charge is 1.00 e. The van der Waals surface area contributed by atoms with Gasteiger partial charge in [-0.25, -0.2) is 4.57 Å². The molecule has 1 aromatic heterocycles. The van der Waals surface area contributed by atoms with Crippen LogP contribution < -0.4 is 27.6 Å². The highest BCUT2D eigenvalue weighted by Gasteiger charge is 2.25. The zero-order valence-electron chi connectivity index (χ0n) is 27.3. The van der Waals surface area contributed by atoms with Gasteiger partial charge in [-0.1, -0.05) is 32.1 Å². The van der Waals surface area contributed by atoms with E-state index in [0.29, 0.717) is 52.7 Å². The Morgan fingerprint density at radius 2 is 1.50 bits per heavy atom. The summed E-state index contributed by atoms with van der Waals surface area (Å²) in [6.45, 7) is 7.59. The van der Waals surface area contributed by atoms with Gasteiger partial charge in [-0.2, -0.15) is 5.26 Å². The number of aliphatic imine (C=N–C) groups is 1. The molecule has 0 saturated heterocycles. The van der Waals surface area contributed by atoms with Gasteiger partial charge in [0.05, 0.1) is 65.1 Å². The van der Waals surface area contributed by atoms with E-state index in [9.17, 15) is 9.36 Å². The number of unbranched alkanes of at least 4 members (excludes halogenated alkanes) is 6. The van der Waals surface area contributed by atoms with Gasteiger partial charge >= 0.3 is 14.2 Å². The van der Waals surface area contributed by atoms with Gasteiger partial charge < -0.3 is 42.0 Å². The maximum Gasteiger partial charge on any atom is 0.474 e. The maximum absolute atomic E-state index is 12.3. The molecule has 0 aromatic carbocycles. The number of pyridine rings is 1. The van der Waals surface area contributed by atoms with Crippen molar-refractivity contribution in [2.24, 2.45) is 10.7 Å². The van der Waals surface area contributed by atoms with Crippen LogP contribution in [0.25, 0.3) is 0 Å². The number of carbonyl (C=O) groups excluding carboxylic acids is 1. The zero-order valence-corrected chi connectivity index (χ0v) is 28.9. The highest BCUT2D eigenvalue weighted by molar-refractivity contribution is 7.48. The Balaban J connectivity index is 0.0000202. The number of nitrogens with two attached hydrogens (primary N) is 1. The van der Waals surface area contributed by atoms with Gasteiger partial charge in [0.2, 0.25) is 12.2 Å². The average molecular weight is 696 g/mol. The molecule has 0 aliphatic carbocycles. The molecule has 46 heavy (non-hydrogen) atoms. The second kappa shape index (κ2) is 28.8. The normalized spacial score (nSPS) is 12.3. The third kappa shape index (κ3) is 20.0. The predicted octanol–water partition coefficient (Wildman–Crippen LogP) is 0.834. The van der Waals surface area contributed by atoms with Gasteiger partial charge in [0.1, 0.15) is 0 Å². The fraction of sp³-hybridized carbons (Fsp3) is 0.724. The standard InChI is InChI=1S/C29H51N5O10P.ClH/c1-4-42-45(36,43-5-2)44-18-12-10-8-6-7-9-11-15-34(28(31)32-25-30)27-13-16-33(17-14-27)29(41-26-35)40-24-23-39-22-21-38-20-19-37-3;/h13-14,16-17,26,29H,4-12,15,18-24H2,1-3H3,(H2,31,32);1H/q+1;/p-1. The number of ether oxygens (including phenoxy) is 5. The zero-order chi connectivity index (χ0) is 33.0. The molecule has 1 rings (SSSR count). The molecule has 17 heteroatoms. The Bertz CT molecular complexity index is 1010. The molecule has 0 amide bonds. The molecule has 1 unspecified atom stereocenters. The summed E-state index contributed by atoms with van der Waals surface area (Å²) in [4.78, 5) is 16.5. The van der Waals surface area contributed by atoms with Crippen molar-refractivity contribution in [2.45, 2.75) is 65.2 Å². The first-order valence-corrected chi connectivity index (χ1v) is 16.8. The number of carbonyl (C=O) groups is 1. The molecule has 15 nitrogen and oxygen atoms in total. The molecule has 0 saturated carbocycles. The molecule has 264 valence electrons. The van der Waals surface area contributed by atoms with Gasteiger partial charge in [0, 0.05) is 25.8 Å². The minimum absolute atomic E-state index is 0. The van der Waals surface area contributed by atoms with E-state index in [1.54, 1.807) is 61.1 Å². The maximum atomic E-state index is 12.3. The first kappa shape index (κ1) is 43.6. The summed E-state index contributed by atoms with van der Waals surface area (Å²) in [5.41, 5.74) is 6.82. The van der Waals surface area contributed by atoms with Crippen molar-refractivity contribution in [3.05, 3.63) is 24.5 Å². The molecule has 1 heterocycles. The van der Waals surface area contributed by atoms with E-state index >= 15 is 0 Å². The second-order valence-corrected chi connectivity index (χ2v) is 11.1. The predicted molar refractivity (Wildman–Crippen MR) is 166 cm³/mol. The number of methoxy groups -OCH3 is 1. The number of hydrogen-bond donors (Lipinski definition) is 1. The van der Waals surface area contributed by atoms with E-state index in [4.69, 9.17) is 48.3 Å². The van der Waals surface area contributed by atoms with Crippen LogP contribution in [0.5, 0.6) is 0 Å². The lowest BCUT2D eigenvalue weighted by atomic mass is 10.1. The number of halogens is 1. The number of phosphoric ester groups is 1. The van der Waals surface area contributed by atoms with E-state index in [1.807, 2.05) is 0 Å². The van der Waals surface area contributed by atoms with Crippen molar-refractivity contribution in [1.82, 2.24) is 0 Å². The van der Waals surface area contributed by atoms with Crippen molar-refractivity contribution < 1.29 is 63.6 Å². The van der Waals surface area contributed by atoms with Crippen LogP contribution in [-0.4, -0.2) is 85.5 Å². The average Bonchev–Trinajstić information content (AvgIpc) is 3.03. The van der Waals surface area contributed by atoms with Crippen molar-refractivity contribution in [3.63, 3.8) is 0 Å². The van der Waals surface area contributed by atoms with Crippen molar-refractivity contribution in [1.29, 1.82) is 5.26 Å². The topological polar surface area (TPSA) is 177 Å². The Hall–Kier alpha value is -2.38. The van der Waals surface area contributed by atoms with E-state index in [2.05, 4.69) is 4.99 Å². The van der Waals surface area contributed by atoms with Gasteiger partial charge in [-0.3, -0.25) is 23.1 Å². The van der Waals surface area contributed by atoms with Crippen molar-refractivity contribution in [3.8, 4) is 6.19 Å². The number of rotatable bonds is 29. The molecule has 0 radical (unpaired) electrons. The first-order valence-electron chi connectivity index (χ1n) is 15.3. The van der Waals surface area contributed by atoms with Crippen LogP contribution in [0, 0.1) is 11.5 Å². The number of phosphoric acid groups is 1. The third-order valence-electron chi connectivity index (χ3n) is 6.14. The van der Waals surface area contributed by atoms with Crippen molar-refractivity contribution in [2.75, 3.05) is 78.0 Å². The van der Waals surface area contributed by atoms with Gasteiger partial charge in [0.25, 0.3) is 6.47 Å². The minimum atomic E-state index is -3.44. The van der Waals surface area contributed by atoms with Gasteiger partial charge in [-0.05, 0) is 26.7 Å². The summed E-state index contributed by atoms with van der Waals surface area (Å²) in [5, 5.41) is 9.05. The molecule has 0 fully saturated rings. The summed E-state index contributed by atoms with van der Waals surface area (Å²) < 4.78 is 55.9. The number of aromatic nitrogens is 1. The van der Waals surface area contributed by atoms with E-state index in [-0.39, 0.29) is 38.2 Å². The highest BCUT2D eigenvalue weighted by Crippen LogP contribution is 2.49. The summed E-state index contributed by atoms with van der Waals surface area (Å²) in [7, 11) is -1.84. The lowest BCUT2D eigenvalue weighted by Crippen LogP contribution is -3.00. The molecule has 0 aliphatic rings. The molecular weight excluding hydrogens is 645 g/mol. The summed E-state index contributed by atoms with van der Waals surface area (Å²) >= 11 is 0. The molecule has 0 spiro atoms. The number of nitriles is 1. The first-order chi connectivity index (χ1) is 21.9. The quantitative estimate of drug-likeness (QED) is 0.0182. The Morgan fingerprint density at radius 1 is 0.935 bits per heavy atom. The van der Waals surface area contributed by atoms with Crippen LogP contribution in [0.4, 0.5) is 5.69 Å². The number of anilines is 1. The fourth-order valence-electron chi connectivity index (χ4n) is 4.01. The van der Waals surface area contributed by atoms with E-state index in [0.717, 1.165) is 50.6 Å². The van der Waals surface area contributed by atoms with Gasteiger partial charge in [-0.15, -0.1) is 9.56 Å². The summed E-state index contributed by atoms with van der Waals surface area (Å²) in [5.74, 6) is 0.0898. The Morgan fingerprint density at radius 3 is 2.07 bits per heavy atom. The SMILES string of the molecule is CCOP(=O)(OCC)OCCCCCCCCCN(C(N)=NC#N)c1cc[n+](C(OC=O)OCCOCCOCCOC)cc1.[Cl-]. The molecule has 0 bridgehead atoms. The van der Waals surface area contributed by atoms with Crippen LogP contribution in [-0.2, 0) is 46.6 Å². The Kier molecular flexibility index (Phi) is 27.3. The molecule has 1 atom stereocenters. The van der Waals surface area contributed by atoms with Crippen LogP contribution >= 0.6 is 7.82 Å². The van der Waals surface area contributed by atoms with Crippen LogP contribution in [0.3, 0.4) is 0 Å². The number of hydrogen-bond acceptors (Lipinski definition) is 12. The molecule has 0 aliphatic heterocycles. The van der Waals surface area contributed by atoms with Crippen LogP contribution in [0.15, 0.2) is 29.5 Å². The van der Waals surface area contributed by atoms with Crippen molar-refractivity contribution >= 4 is 25.9 Å². The molecular formula is C29H51ClN5O10P. The summed E-state index contributed by atoms with van der Waals surface area (Å²) in [6, 6.07) is 3.55. The lowest BCUT2D eigenvalue weighted by Gasteiger charge is -2.22. The minimum Gasteiger partial charge on any atom is -1.00 e. The Labute approximate surface area is 279 Å². The summed E-state index contributed by atoms with van der Waals surface area (Å²) in [6.07, 6.45) is 10.8. The van der Waals surface area contributed by atoms with E-state index in [1.165, 1.54) is 0 Å². The van der Waals surface area contributed by atoms with E-state index < -0.39 is 14.2 Å². The number of nitrogens with zero attached hydrogens (tertiary/aromatic N) is 4. The third-order valence-corrected chi connectivity index (χ3v) is 7.79. The van der Waals surface area contributed by atoms with Gasteiger partial charge in [0.15, 0.2) is 12.4 Å². The molecule has 1 aromatic rings.